The molecule has 0 saturated carbocycles. The first-order chi connectivity index (χ1) is 16.0. The highest BCUT2D eigenvalue weighted by Gasteiger charge is 2.32. The van der Waals surface area contributed by atoms with E-state index in [1.165, 1.54) is 4.90 Å². The van der Waals surface area contributed by atoms with E-state index in [2.05, 4.69) is 17.9 Å². The molecule has 3 aromatic carbocycles. The van der Waals surface area contributed by atoms with E-state index in [0.717, 1.165) is 16.5 Å². The van der Waals surface area contributed by atoms with Gasteiger partial charge in [0.05, 0.1) is 0 Å². The number of aliphatic carboxylic acids is 1. The average molecular weight is 484 g/mol. The molecule has 0 aliphatic rings. The van der Waals surface area contributed by atoms with Crippen molar-refractivity contribution in [1.82, 2.24) is 0 Å². The maximum Gasteiger partial charge on any atom is 0.326 e. The molecule has 0 aliphatic carbocycles. The number of carbonyl (C=O) groups is 2. The second-order valence-corrected chi connectivity index (χ2v) is 9.07. The molecule has 174 valence electrons. The molecular weight excluding hydrogens is 454 g/mol. The molecule has 3 rings (SSSR count). The lowest BCUT2D eigenvalue weighted by atomic mass is 10.0. The first kappa shape index (κ1) is 25.0. The number of carboxylic acids is 1. The van der Waals surface area contributed by atoms with Gasteiger partial charge in [0, 0.05) is 40.7 Å². The molecule has 8 heteroatoms. The van der Waals surface area contributed by atoms with Gasteiger partial charge in [0.15, 0.2) is 0 Å². The highest BCUT2D eigenvalue weighted by molar-refractivity contribution is 7.98. The predicted octanol–water partition coefficient (Wildman–Crippen LogP) is 4.36. The number of carbonyl (C=O) groups excluding carboxylic acids is 1. The molecule has 0 bridgehead atoms. The van der Waals surface area contributed by atoms with E-state index in [1.54, 1.807) is 36.0 Å². The number of rotatable bonds is 11. The van der Waals surface area contributed by atoms with Gasteiger partial charge in [-0.15, -0.1) is 0 Å². The lowest BCUT2D eigenvalue weighted by Crippen LogP contribution is -2.46. The Morgan fingerprint density at radius 3 is 2.48 bits per heavy atom. The molecule has 3 aromatic rings. The summed E-state index contributed by atoms with van der Waals surface area (Å²) in [4.78, 5) is 27.3. The van der Waals surface area contributed by atoms with Crippen LogP contribution in [0.25, 0.3) is 10.8 Å². The summed E-state index contributed by atoms with van der Waals surface area (Å²) in [6.45, 7) is 0.498. The summed E-state index contributed by atoms with van der Waals surface area (Å²) in [6, 6.07) is 19.1. The van der Waals surface area contributed by atoms with E-state index in [1.807, 2.05) is 48.7 Å². The van der Waals surface area contributed by atoms with E-state index < -0.39 is 12.0 Å². The van der Waals surface area contributed by atoms with E-state index in [9.17, 15) is 14.7 Å². The van der Waals surface area contributed by atoms with Crippen LogP contribution in [0.3, 0.4) is 0 Å². The third-order valence-electron chi connectivity index (χ3n) is 5.35. The number of amides is 1. The normalized spacial score (nSPS) is 12.8. The van der Waals surface area contributed by atoms with Crippen molar-refractivity contribution in [3.8, 4) is 0 Å². The van der Waals surface area contributed by atoms with Gasteiger partial charge < -0.3 is 16.2 Å². The van der Waals surface area contributed by atoms with Crippen molar-refractivity contribution in [2.24, 2.45) is 5.73 Å². The standard InChI is InChI=1S/C25H29N3O3S2/c1-33-12-11-23(25(30)31)28(24(29)17-7-3-2-4-8-17)20-13-18-9-5-6-10-21(18)22(14-20)27-15-19(26)16-32/h2-10,13-14,19,23,27,32H,11-12,15-16,26H2,1H3,(H,30,31)/t19-,23+/m1/s1. The summed E-state index contributed by atoms with van der Waals surface area (Å²) in [5.74, 6) is -0.241. The lowest BCUT2D eigenvalue weighted by Gasteiger charge is -2.30. The zero-order valence-electron chi connectivity index (χ0n) is 18.5. The van der Waals surface area contributed by atoms with Gasteiger partial charge in [0.2, 0.25) is 0 Å². The smallest absolute Gasteiger partial charge is 0.326 e. The summed E-state index contributed by atoms with van der Waals surface area (Å²) in [7, 11) is 0. The summed E-state index contributed by atoms with van der Waals surface area (Å²) in [5.41, 5.74) is 7.80. The Kier molecular flexibility index (Phi) is 9.05. The van der Waals surface area contributed by atoms with Gasteiger partial charge >= 0.3 is 5.97 Å². The highest BCUT2D eigenvalue weighted by Crippen LogP contribution is 2.33. The second-order valence-electron chi connectivity index (χ2n) is 7.71. The minimum atomic E-state index is -1.03. The lowest BCUT2D eigenvalue weighted by molar-refractivity contribution is -0.138. The predicted molar refractivity (Wildman–Crippen MR) is 142 cm³/mol. The quantitative estimate of drug-likeness (QED) is 0.303. The molecule has 6 nitrogen and oxygen atoms in total. The van der Waals surface area contributed by atoms with Crippen LogP contribution in [0.2, 0.25) is 0 Å². The van der Waals surface area contributed by atoms with Gasteiger partial charge in [-0.3, -0.25) is 9.69 Å². The van der Waals surface area contributed by atoms with Crippen LogP contribution in [0, 0.1) is 0 Å². The third-order valence-corrected chi connectivity index (χ3v) is 6.46. The number of hydrogen-bond acceptors (Lipinski definition) is 6. The summed E-state index contributed by atoms with van der Waals surface area (Å²) >= 11 is 5.80. The molecule has 0 aliphatic heterocycles. The zero-order chi connectivity index (χ0) is 23.8. The molecule has 33 heavy (non-hydrogen) atoms. The number of hydrogen-bond donors (Lipinski definition) is 4. The van der Waals surface area contributed by atoms with Crippen LogP contribution in [0.1, 0.15) is 16.8 Å². The van der Waals surface area contributed by atoms with Crippen LogP contribution >= 0.6 is 24.4 Å². The monoisotopic (exact) mass is 483 g/mol. The van der Waals surface area contributed by atoms with Crippen LogP contribution in [0.15, 0.2) is 66.7 Å². The molecule has 0 spiro atoms. The maximum absolute atomic E-state index is 13.6. The molecule has 0 radical (unpaired) electrons. The van der Waals surface area contributed by atoms with Gasteiger partial charge in [0.25, 0.3) is 5.91 Å². The number of thioether (sulfide) groups is 1. The molecule has 0 unspecified atom stereocenters. The maximum atomic E-state index is 13.6. The van der Waals surface area contributed by atoms with Crippen molar-refractivity contribution in [1.29, 1.82) is 0 Å². The average Bonchev–Trinajstić information content (AvgIpc) is 2.84. The Balaban J connectivity index is 2.14. The number of nitrogens with one attached hydrogen (secondary N) is 1. The van der Waals surface area contributed by atoms with Gasteiger partial charge in [-0.25, -0.2) is 4.79 Å². The van der Waals surface area contributed by atoms with E-state index >= 15 is 0 Å². The SMILES string of the molecule is CSCC[C@@H](C(=O)O)N(C(=O)c1ccccc1)c1cc(NC[C@@H](N)CS)c2ccccc2c1. The van der Waals surface area contributed by atoms with E-state index in [0.29, 0.717) is 35.7 Å². The van der Waals surface area contributed by atoms with E-state index in [4.69, 9.17) is 5.73 Å². The Bertz CT molecular complexity index is 1090. The number of thiol groups is 1. The van der Waals surface area contributed by atoms with Gasteiger partial charge in [-0.05, 0) is 48.1 Å². The fourth-order valence-electron chi connectivity index (χ4n) is 3.64. The summed E-state index contributed by atoms with van der Waals surface area (Å²) < 4.78 is 0. The van der Waals surface area contributed by atoms with Crippen molar-refractivity contribution in [3.05, 3.63) is 72.3 Å². The molecule has 2 atom stereocenters. The van der Waals surface area contributed by atoms with E-state index in [-0.39, 0.29) is 11.9 Å². The fourth-order valence-corrected chi connectivity index (χ4v) is 4.22. The molecule has 1 amide bonds. The van der Waals surface area contributed by atoms with Crippen molar-refractivity contribution in [2.45, 2.75) is 18.5 Å². The summed E-state index contributed by atoms with van der Waals surface area (Å²) in [6.07, 6.45) is 2.25. The first-order valence-corrected chi connectivity index (χ1v) is 12.7. The highest BCUT2D eigenvalue weighted by atomic mass is 32.2. The van der Waals surface area contributed by atoms with Crippen LogP contribution in [0.4, 0.5) is 11.4 Å². The van der Waals surface area contributed by atoms with Crippen molar-refractivity contribution < 1.29 is 14.7 Å². The van der Waals surface area contributed by atoms with Gasteiger partial charge in [-0.1, -0.05) is 42.5 Å². The first-order valence-electron chi connectivity index (χ1n) is 10.7. The van der Waals surface area contributed by atoms with Crippen molar-refractivity contribution in [3.63, 3.8) is 0 Å². The largest absolute Gasteiger partial charge is 0.480 e. The van der Waals surface area contributed by atoms with Crippen molar-refractivity contribution >= 4 is 58.4 Å². The molecule has 0 aromatic heterocycles. The molecule has 4 N–H and O–H groups in total. The Hall–Kier alpha value is -2.68. The minimum absolute atomic E-state index is 0.147. The summed E-state index contributed by atoms with van der Waals surface area (Å²) in [5, 5.41) is 15.3. The number of carboxylic acid groups (broad SMARTS) is 1. The molecule has 0 fully saturated rings. The number of nitrogens with zero attached hydrogens (tertiary/aromatic N) is 1. The van der Waals surface area contributed by atoms with Crippen LogP contribution < -0.4 is 16.0 Å². The molecule has 0 heterocycles. The second kappa shape index (κ2) is 12.0. The fraction of sp³-hybridized carbons (Fsp3) is 0.280. The van der Waals surface area contributed by atoms with Gasteiger partial charge in [-0.2, -0.15) is 24.4 Å². The molecule has 0 saturated heterocycles. The van der Waals surface area contributed by atoms with Crippen LogP contribution in [-0.2, 0) is 4.79 Å². The van der Waals surface area contributed by atoms with Crippen molar-refractivity contribution in [2.75, 3.05) is 34.5 Å². The van der Waals surface area contributed by atoms with Crippen LogP contribution in [0.5, 0.6) is 0 Å². The van der Waals surface area contributed by atoms with Gasteiger partial charge in [0.1, 0.15) is 6.04 Å². The zero-order valence-corrected chi connectivity index (χ0v) is 20.2. The Morgan fingerprint density at radius 2 is 1.82 bits per heavy atom. The topological polar surface area (TPSA) is 95.7 Å². The number of anilines is 2. The Morgan fingerprint density at radius 1 is 1.12 bits per heavy atom. The number of fused-ring (bicyclic) bond motifs is 1. The molecular formula is C25H29N3O3S2. The Labute approximate surface area is 203 Å². The third kappa shape index (κ3) is 6.22. The number of nitrogens with two attached hydrogens (primary N) is 1. The minimum Gasteiger partial charge on any atom is -0.480 e. The van der Waals surface area contributed by atoms with Crippen LogP contribution in [-0.4, -0.2) is 53.4 Å². The number of benzene rings is 3.